The van der Waals surface area contributed by atoms with Gasteiger partial charge in [0, 0.05) is 38.4 Å². The average molecular weight is 601 g/mol. The minimum absolute atomic E-state index is 0.868. The second kappa shape index (κ2) is 10.1. The molecule has 7 aromatic carbocycles. The molecule has 3 aromatic heterocycles. The third kappa shape index (κ3) is 3.81. The summed E-state index contributed by atoms with van der Waals surface area (Å²) in [5.74, 6) is 0. The summed E-state index contributed by atoms with van der Waals surface area (Å²) >= 11 is 0. The Kier molecular flexibility index (Phi) is 5.57. The average Bonchev–Trinajstić information content (AvgIpc) is 3.79. The lowest BCUT2D eigenvalue weighted by Crippen LogP contribution is -1.97. The van der Waals surface area contributed by atoms with Crippen molar-refractivity contribution in [3.8, 4) is 33.6 Å². The zero-order valence-electron chi connectivity index (χ0n) is 25.5. The van der Waals surface area contributed by atoms with E-state index in [9.17, 15) is 0 Å². The highest BCUT2D eigenvalue weighted by Crippen LogP contribution is 2.43. The van der Waals surface area contributed by atoms with Gasteiger partial charge in [-0.25, -0.2) is 0 Å². The first-order chi connectivity index (χ1) is 23.3. The number of fused-ring (bicyclic) bond motifs is 8. The minimum Gasteiger partial charge on any atom is -0.439 e. The fraction of sp³-hybridized carbons (Fsp3) is 0. The smallest absolute Gasteiger partial charge is 0.213 e. The molecule has 0 spiro atoms. The van der Waals surface area contributed by atoms with Gasteiger partial charge in [0.05, 0.1) is 27.6 Å². The highest BCUT2D eigenvalue weighted by molar-refractivity contribution is 6.22. The van der Waals surface area contributed by atoms with Gasteiger partial charge < -0.3 is 8.98 Å². The van der Waals surface area contributed by atoms with Crippen LogP contribution in [0, 0.1) is 0 Å². The highest BCUT2D eigenvalue weighted by atomic mass is 16.3. The van der Waals surface area contributed by atoms with Crippen LogP contribution in [0.4, 0.5) is 0 Å². The maximum atomic E-state index is 6.59. The van der Waals surface area contributed by atoms with Gasteiger partial charge in [-0.05, 0) is 53.6 Å². The van der Waals surface area contributed by atoms with E-state index >= 15 is 0 Å². The first kappa shape index (κ1) is 26.0. The minimum atomic E-state index is 0.868. The van der Waals surface area contributed by atoms with E-state index in [0.717, 1.165) is 50.1 Å². The lowest BCUT2D eigenvalue weighted by molar-refractivity contribution is 0.645. The molecule has 47 heavy (non-hydrogen) atoms. The fourth-order valence-corrected chi connectivity index (χ4v) is 7.54. The number of aromatic nitrogens is 2. The lowest BCUT2D eigenvalue weighted by Gasteiger charge is -2.15. The number of nitrogens with zero attached hydrogens (tertiary/aromatic N) is 2. The Morgan fingerprint density at radius 1 is 0.404 bits per heavy atom. The normalized spacial score (nSPS) is 11.8. The number of hydrogen-bond acceptors (Lipinski definition) is 1. The third-order valence-corrected chi connectivity index (χ3v) is 9.53. The number of rotatable bonds is 4. The van der Waals surface area contributed by atoms with Gasteiger partial charge in [0.15, 0.2) is 0 Å². The van der Waals surface area contributed by atoms with E-state index in [-0.39, 0.29) is 0 Å². The van der Waals surface area contributed by atoms with Crippen molar-refractivity contribution >= 4 is 54.8 Å². The molecule has 0 aliphatic carbocycles. The van der Waals surface area contributed by atoms with Gasteiger partial charge in [0.1, 0.15) is 5.58 Å². The van der Waals surface area contributed by atoms with Crippen LogP contribution in [0.15, 0.2) is 174 Å². The second-order valence-electron chi connectivity index (χ2n) is 12.1. The molecule has 3 nitrogen and oxygen atoms in total. The first-order valence-electron chi connectivity index (χ1n) is 16.0. The van der Waals surface area contributed by atoms with Gasteiger partial charge in [0.2, 0.25) is 5.71 Å². The molecule has 10 aromatic rings. The van der Waals surface area contributed by atoms with E-state index in [0.29, 0.717) is 0 Å². The van der Waals surface area contributed by atoms with Crippen LogP contribution in [0.2, 0.25) is 0 Å². The summed E-state index contributed by atoms with van der Waals surface area (Å²) in [5.41, 5.74) is 12.2. The molecule has 3 heterocycles. The van der Waals surface area contributed by atoms with Crippen molar-refractivity contribution in [3.05, 3.63) is 170 Å². The topological polar surface area (TPSA) is 23.0 Å². The highest BCUT2D eigenvalue weighted by Gasteiger charge is 2.22. The van der Waals surface area contributed by atoms with Crippen molar-refractivity contribution in [2.45, 2.75) is 0 Å². The Bertz CT molecular complexity index is 2740. The van der Waals surface area contributed by atoms with E-state index < -0.39 is 0 Å². The molecular weight excluding hydrogens is 572 g/mol. The van der Waals surface area contributed by atoms with Crippen molar-refractivity contribution < 1.29 is 4.42 Å². The van der Waals surface area contributed by atoms with Crippen molar-refractivity contribution in [2.75, 3.05) is 0 Å². The maximum absolute atomic E-state index is 6.59. The van der Waals surface area contributed by atoms with Crippen LogP contribution in [0.3, 0.4) is 0 Å². The zero-order valence-corrected chi connectivity index (χ0v) is 25.5. The zero-order chi connectivity index (χ0) is 30.9. The number of para-hydroxylation sites is 6. The summed E-state index contributed by atoms with van der Waals surface area (Å²) < 4.78 is 11.3. The Labute approximate surface area is 271 Å². The SMILES string of the molecule is c1ccc(-n2c3oc4ccccc4c3c3cccc(-c4cccc(-c5ccccc5-n5c6ccccc6c6ccccc65)c4)c32)cc1. The Balaban J connectivity index is 1.23. The van der Waals surface area contributed by atoms with Gasteiger partial charge in [-0.2, -0.15) is 0 Å². The largest absolute Gasteiger partial charge is 0.439 e. The predicted molar refractivity (Wildman–Crippen MR) is 196 cm³/mol. The molecule has 0 bridgehead atoms. The van der Waals surface area contributed by atoms with Crippen molar-refractivity contribution in [1.29, 1.82) is 0 Å². The molecule has 0 fully saturated rings. The summed E-state index contributed by atoms with van der Waals surface area (Å²) in [4.78, 5) is 0. The molecule has 0 N–H and O–H groups in total. The summed E-state index contributed by atoms with van der Waals surface area (Å²) in [7, 11) is 0. The lowest BCUT2D eigenvalue weighted by atomic mass is 9.96. The summed E-state index contributed by atoms with van der Waals surface area (Å²) in [6.45, 7) is 0. The van der Waals surface area contributed by atoms with Crippen LogP contribution >= 0.6 is 0 Å². The van der Waals surface area contributed by atoms with Crippen molar-refractivity contribution in [3.63, 3.8) is 0 Å². The number of benzene rings is 7. The predicted octanol–water partition coefficient (Wildman–Crippen LogP) is 12.0. The van der Waals surface area contributed by atoms with E-state index in [1.165, 1.54) is 38.3 Å². The van der Waals surface area contributed by atoms with Crippen molar-refractivity contribution in [2.24, 2.45) is 0 Å². The molecule has 220 valence electrons. The third-order valence-electron chi connectivity index (χ3n) is 9.53. The second-order valence-corrected chi connectivity index (χ2v) is 12.1. The number of hydrogen-bond donors (Lipinski definition) is 0. The van der Waals surface area contributed by atoms with Gasteiger partial charge in [-0.1, -0.05) is 127 Å². The quantitative estimate of drug-likeness (QED) is 0.197. The summed E-state index contributed by atoms with van der Waals surface area (Å²) in [6.07, 6.45) is 0. The van der Waals surface area contributed by atoms with Crippen LogP contribution < -0.4 is 0 Å². The van der Waals surface area contributed by atoms with Crippen molar-refractivity contribution in [1.82, 2.24) is 9.13 Å². The molecule has 0 radical (unpaired) electrons. The fourth-order valence-electron chi connectivity index (χ4n) is 7.54. The van der Waals surface area contributed by atoms with Gasteiger partial charge in [-0.15, -0.1) is 0 Å². The van der Waals surface area contributed by atoms with Gasteiger partial charge in [-0.3, -0.25) is 4.57 Å². The molecule has 3 heteroatoms. The molecule has 10 rings (SSSR count). The Morgan fingerprint density at radius 2 is 0.979 bits per heavy atom. The monoisotopic (exact) mass is 600 g/mol. The number of furan rings is 1. The molecular formula is C44H28N2O. The molecule has 0 aliphatic rings. The van der Waals surface area contributed by atoms with Gasteiger partial charge >= 0.3 is 0 Å². The van der Waals surface area contributed by atoms with E-state index in [4.69, 9.17) is 4.42 Å². The van der Waals surface area contributed by atoms with E-state index in [1.54, 1.807) is 0 Å². The maximum Gasteiger partial charge on any atom is 0.213 e. The Morgan fingerprint density at radius 3 is 1.77 bits per heavy atom. The van der Waals surface area contributed by atoms with Crippen LogP contribution in [-0.2, 0) is 0 Å². The first-order valence-corrected chi connectivity index (χ1v) is 16.0. The molecule has 0 saturated carbocycles. The van der Waals surface area contributed by atoms with Crippen LogP contribution in [-0.4, -0.2) is 9.13 Å². The Hall–Kier alpha value is -6.32. The molecule has 0 aliphatic heterocycles. The van der Waals surface area contributed by atoms with Crippen LogP contribution in [0.1, 0.15) is 0 Å². The molecule has 0 amide bonds. The van der Waals surface area contributed by atoms with Crippen LogP contribution in [0.25, 0.3) is 88.4 Å². The standard InChI is InChI=1S/C44H28N2O/c1-2-16-31(17-3-1)45-43-33(22-13-23-37(43)42-36-21-7-11-27-41(36)47-44(42)45)30-15-12-14-29(28-30)32-18-4-8-24-38(32)46-39-25-9-5-19-34(39)35-20-6-10-26-40(35)46/h1-28H. The molecule has 0 unspecified atom stereocenters. The summed E-state index contributed by atoms with van der Waals surface area (Å²) in [5, 5.41) is 5.98. The summed E-state index contributed by atoms with van der Waals surface area (Å²) in [6, 6.07) is 60.6. The molecule has 0 atom stereocenters. The van der Waals surface area contributed by atoms with Gasteiger partial charge in [0.25, 0.3) is 0 Å². The van der Waals surface area contributed by atoms with E-state index in [1.807, 2.05) is 6.07 Å². The molecule has 0 saturated heterocycles. The van der Waals surface area contributed by atoms with E-state index in [2.05, 4.69) is 173 Å². The van der Waals surface area contributed by atoms with Crippen LogP contribution in [0.5, 0.6) is 0 Å².